The molecule has 1 aliphatic rings. The second kappa shape index (κ2) is 7.22. The minimum Gasteiger partial charge on any atom is -0.367 e. The van der Waals surface area contributed by atoms with Crippen LogP contribution in [0.15, 0.2) is 36.1 Å². The second-order valence-corrected chi connectivity index (χ2v) is 6.10. The van der Waals surface area contributed by atoms with Gasteiger partial charge in [0.2, 0.25) is 0 Å². The van der Waals surface area contributed by atoms with E-state index in [1.54, 1.807) is 29.9 Å². The molecule has 0 spiro atoms. The van der Waals surface area contributed by atoms with E-state index in [4.69, 9.17) is 0 Å². The summed E-state index contributed by atoms with van der Waals surface area (Å²) in [4.78, 5) is 23.6. The van der Waals surface area contributed by atoms with Crippen LogP contribution in [0.1, 0.15) is 23.8 Å². The van der Waals surface area contributed by atoms with Crippen LogP contribution in [0.3, 0.4) is 0 Å². The van der Waals surface area contributed by atoms with Gasteiger partial charge in [-0.15, -0.1) is 11.3 Å². The van der Waals surface area contributed by atoms with Gasteiger partial charge in [-0.25, -0.2) is 9.78 Å². The molecule has 3 rings (SSSR count). The molecule has 6 nitrogen and oxygen atoms in total. The fraction of sp³-hybridized carbons (Fsp3) is 0.400. The molecule has 2 aromatic heterocycles. The van der Waals surface area contributed by atoms with Crippen LogP contribution in [-0.4, -0.2) is 40.5 Å². The molecule has 1 atom stereocenters. The third-order valence-electron chi connectivity index (χ3n) is 3.66. The molecule has 22 heavy (non-hydrogen) atoms. The van der Waals surface area contributed by atoms with Crippen LogP contribution in [0, 0.1) is 0 Å². The van der Waals surface area contributed by atoms with Crippen LogP contribution in [0.25, 0.3) is 0 Å². The Morgan fingerprint density at radius 2 is 2.36 bits per heavy atom. The first kappa shape index (κ1) is 14.8. The molecule has 1 fully saturated rings. The smallest absolute Gasteiger partial charge is 0.318 e. The number of nitrogens with one attached hydrogen (secondary N) is 2. The average molecular weight is 317 g/mol. The quantitative estimate of drug-likeness (QED) is 0.831. The summed E-state index contributed by atoms with van der Waals surface area (Å²) >= 11 is 1.72. The van der Waals surface area contributed by atoms with Crippen LogP contribution < -0.4 is 10.6 Å². The third kappa shape index (κ3) is 3.54. The fourth-order valence-electron chi connectivity index (χ4n) is 2.64. The Labute approximate surface area is 133 Å². The van der Waals surface area contributed by atoms with Crippen LogP contribution in [0.2, 0.25) is 0 Å². The molecule has 3 heterocycles. The topological polar surface area (TPSA) is 70.1 Å². The lowest BCUT2D eigenvalue weighted by Gasteiger charge is -2.24. The Hall–Kier alpha value is -2.15. The summed E-state index contributed by atoms with van der Waals surface area (Å²) in [5.41, 5.74) is 0. The van der Waals surface area contributed by atoms with E-state index in [0.717, 1.165) is 25.2 Å². The molecule has 7 heteroatoms. The van der Waals surface area contributed by atoms with Crippen LogP contribution in [0.4, 0.5) is 10.6 Å². The van der Waals surface area contributed by atoms with Gasteiger partial charge in [-0.3, -0.25) is 4.98 Å². The molecule has 2 aromatic rings. The van der Waals surface area contributed by atoms with Gasteiger partial charge in [0.25, 0.3) is 0 Å². The van der Waals surface area contributed by atoms with E-state index in [1.807, 2.05) is 11.0 Å². The van der Waals surface area contributed by atoms with E-state index in [-0.39, 0.29) is 12.1 Å². The lowest BCUT2D eigenvalue weighted by Crippen LogP contribution is -2.41. The maximum atomic E-state index is 12.3. The molecule has 0 radical (unpaired) electrons. The zero-order valence-corrected chi connectivity index (χ0v) is 13.1. The Morgan fingerprint density at radius 3 is 3.14 bits per heavy atom. The summed E-state index contributed by atoms with van der Waals surface area (Å²) in [6.07, 6.45) is 7.04. The number of likely N-dealkylation sites (tertiary alicyclic amines) is 1. The molecule has 1 aliphatic heterocycles. The number of anilines is 1. The summed E-state index contributed by atoms with van der Waals surface area (Å²) in [6.45, 7) is 2.01. The van der Waals surface area contributed by atoms with Crippen molar-refractivity contribution >= 4 is 23.2 Å². The summed E-state index contributed by atoms with van der Waals surface area (Å²) in [5.74, 6) is 0.717. The second-order valence-electron chi connectivity index (χ2n) is 5.12. The fourth-order valence-corrected chi connectivity index (χ4v) is 3.51. The van der Waals surface area contributed by atoms with Crippen molar-refractivity contribution in [1.82, 2.24) is 20.2 Å². The van der Waals surface area contributed by atoms with Gasteiger partial charge < -0.3 is 15.5 Å². The number of hydrogen-bond acceptors (Lipinski definition) is 5. The number of urea groups is 1. The number of amides is 2. The van der Waals surface area contributed by atoms with Crippen LogP contribution >= 0.6 is 11.3 Å². The van der Waals surface area contributed by atoms with Gasteiger partial charge in [0.15, 0.2) is 0 Å². The van der Waals surface area contributed by atoms with Crippen molar-refractivity contribution in [2.24, 2.45) is 0 Å². The molecule has 0 aliphatic carbocycles. The maximum Gasteiger partial charge on any atom is 0.318 e. The van der Waals surface area contributed by atoms with Crippen molar-refractivity contribution in [2.45, 2.75) is 18.9 Å². The molecule has 2 amide bonds. The number of thiophene rings is 1. The molecule has 0 aromatic carbocycles. The van der Waals surface area contributed by atoms with Crippen LogP contribution in [-0.2, 0) is 0 Å². The predicted molar refractivity (Wildman–Crippen MR) is 86.9 cm³/mol. The molecule has 0 saturated carbocycles. The number of carbonyl (C=O) groups excluding carboxylic acids is 1. The van der Waals surface area contributed by atoms with Gasteiger partial charge in [-0.2, -0.15) is 0 Å². The number of rotatable bonds is 5. The van der Waals surface area contributed by atoms with Crippen molar-refractivity contribution in [3.8, 4) is 0 Å². The largest absolute Gasteiger partial charge is 0.367 e. The van der Waals surface area contributed by atoms with Crippen molar-refractivity contribution in [3.63, 3.8) is 0 Å². The first-order chi connectivity index (χ1) is 10.8. The lowest BCUT2D eigenvalue weighted by atomic mass is 10.2. The summed E-state index contributed by atoms with van der Waals surface area (Å²) < 4.78 is 0. The van der Waals surface area contributed by atoms with E-state index < -0.39 is 0 Å². The standard InChI is InChI=1S/C15H19N5OS/c21-15(19-8-7-18-14-11-16-5-6-17-14)20-9-1-3-12(20)13-4-2-10-22-13/h2,4-6,10-12H,1,3,7-9H2,(H,17,18)(H,19,21)/t12-/m1/s1. The molecule has 2 N–H and O–H groups in total. The highest BCUT2D eigenvalue weighted by Gasteiger charge is 2.30. The zero-order chi connectivity index (χ0) is 15.2. The van der Waals surface area contributed by atoms with E-state index in [1.165, 1.54) is 4.88 Å². The number of hydrogen-bond donors (Lipinski definition) is 2. The first-order valence-corrected chi connectivity index (χ1v) is 8.30. The van der Waals surface area contributed by atoms with E-state index in [9.17, 15) is 4.79 Å². The Morgan fingerprint density at radius 1 is 1.41 bits per heavy atom. The van der Waals surface area contributed by atoms with Gasteiger partial charge in [0.1, 0.15) is 5.82 Å². The monoisotopic (exact) mass is 317 g/mol. The minimum absolute atomic E-state index is 0.0110. The molecular weight excluding hydrogens is 298 g/mol. The van der Waals surface area contributed by atoms with E-state index >= 15 is 0 Å². The van der Waals surface area contributed by atoms with Crippen molar-refractivity contribution in [1.29, 1.82) is 0 Å². The Kier molecular flexibility index (Phi) is 4.85. The average Bonchev–Trinajstić information content (AvgIpc) is 3.22. The molecule has 0 unspecified atom stereocenters. The van der Waals surface area contributed by atoms with E-state index in [0.29, 0.717) is 13.1 Å². The summed E-state index contributed by atoms with van der Waals surface area (Å²) in [6, 6.07) is 4.39. The molecule has 1 saturated heterocycles. The molecular formula is C15H19N5OS. The van der Waals surface area contributed by atoms with Gasteiger partial charge in [0, 0.05) is 36.9 Å². The van der Waals surface area contributed by atoms with Gasteiger partial charge in [-0.05, 0) is 24.3 Å². The minimum atomic E-state index is 0.0110. The Balaban J connectivity index is 1.45. The third-order valence-corrected chi connectivity index (χ3v) is 4.63. The number of carbonyl (C=O) groups is 1. The highest BCUT2D eigenvalue weighted by Crippen LogP contribution is 2.34. The van der Waals surface area contributed by atoms with E-state index in [2.05, 4.69) is 32.0 Å². The number of aromatic nitrogens is 2. The van der Waals surface area contributed by atoms with Gasteiger partial charge in [-0.1, -0.05) is 6.07 Å². The summed E-state index contributed by atoms with van der Waals surface area (Å²) in [5, 5.41) is 8.16. The maximum absolute atomic E-state index is 12.3. The lowest BCUT2D eigenvalue weighted by molar-refractivity contribution is 0.194. The highest BCUT2D eigenvalue weighted by atomic mass is 32.1. The van der Waals surface area contributed by atoms with Gasteiger partial charge >= 0.3 is 6.03 Å². The molecule has 0 bridgehead atoms. The summed E-state index contributed by atoms with van der Waals surface area (Å²) in [7, 11) is 0. The first-order valence-electron chi connectivity index (χ1n) is 7.42. The SMILES string of the molecule is O=C(NCCNc1cnccn1)N1CCC[C@@H]1c1cccs1. The van der Waals surface area contributed by atoms with Crippen LogP contribution in [0.5, 0.6) is 0 Å². The number of nitrogens with zero attached hydrogens (tertiary/aromatic N) is 3. The van der Waals surface area contributed by atoms with Crippen molar-refractivity contribution in [3.05, 3.63) is 41.0 Å². The molecule has 116 valence electrons. The predicted octanol–water partition coefficient (Wildman–Crippen LogP) is 2.50. The van der Waals surface area contributed by atoms with Gasteiger partial charge in [0.05, 0.1) is 12.2 Å². The zero-order valence-electron chi connectivity index (χ0n) is 12.2. The van der Waals surface area contributed by atoms with Crippen molar-refractivity contribution in [2.75, 3.05) is 25.0 Å². The Bertz CT molecular complexity index is 589. The van der Waals surface area contributed by atoms with Crippen molar-refractivity contribution < 1.29 is 4.79 Å². The highest BCUT2D eigenvalue weighted by molar-refractivity contribution is 7.10. The normalized spacial score (nSPS) is 17.5.